The molecule has 0 amide bonds. The van der Waals surface area contributed by atoms with Crippen LogP contribution in [0.3, 0.4) is 0 Å². The van der Waals surface area contributed by atoms with Crippen LogP contribution in [0.25, 0.3) is 33.4 Å². The number of aromatic nitrogens is 2. The summed E-state index contributed by atoms with van der Waals surface area (Å²) < 4.78 is 123. The molecule has 3 unspecified atom stereocenters. The molecular weight excluding hydrogens is 1240 g/mol. The number of nitrogen functional groups attached to an aromatic ring is 2. The molecule has 1 aromatic heterocycles. The largest absolute Gasteiger partial charge is 0.490 e. The maximum Gasteiger partial charge on any atom is 0.490 e. The molecule has 2 aliphatic heterocycles. The zero-order valence-electron chi connectivity index (χ0n) is 46.4. The van der Waals surface area contributed by atoms with Crippen LogP contribution in [0, 0.1) is 12.3 Å². The van der Waals surface area contributed by atoms with Crippen LogP contribution in [0.2, 0.25) is 0 Å². The SMILES string of the molecule is CC(=O)c1cc(C(=O)CCCOCCOCCOCCOCCC(=O)CCC(C)(C)SSCOC2C[C@H](n3ccc(N)nc3=O)O[C@@H]2COP(=O)(O)OP(=O)(O)OP(=O)(O)O)ccc1-c1c2ccc(=N)c(C)c-2oc2c(S(=O)(=O)O)c(N)ccc12. The molecule has 0 spiro atoms. The second kappa shape index (κ2) is 30.5. The van der Waals surface area contributed by atoms with Crippen molar-refractivity contribution in [1.29, 1.82) is 5.41 Å². The molecule has 35 heteroatoms. The van der Waals surface area contributed by atoms with Crippen molar-refractivity contribution in [3.63, 3.8) is 0 Å². The van der Waals surface area contributed by atoms with Crippen LogP contribution in [0.1, 0.15) is 91.8 Å². The second-order valence-corrected chi connectivity index (χ2v) is 28.3. The van der Waals surface area contributed by atoms with Gasteiger partial charge in [-0.05, 0) is 82.5 Å². The van der Waals surface area contributed by atoms with Crippen LogP contribution >= 0.6 is 45.1 Å². The van der Waals surface area contributed by atoms with E-state index in [1.807, 2.05) is 13.8 Å². The van der Waals surface area contributed by atoms with E-state index in [-0.39, 0.29) is 133 Å². The van der Waals surface area contributed by atoms with E-state index >= 15 is 0 Å². The Morgan fingerprint density at radius 2 is 1.51 bits per heavy atom. The Bertz CT molecular complexity index is 3560. The number of nitrogens with two attached hydrogens (primary N) is 2. The topological polar surface area (TPSA) is 445 Å². The molecule has 6 rings (SSSR count). The molecule has 3 aromatic rings. The van der Waals surface area contributed by atoms with Crippen LogP contribution in [0.4, 0.5) is 11.5 Å². The molecule has 1 saturated heterocycles. The number of ether oxygens (including phenoxy) is 6. The third kappa shape index (κ3) is 20.8. The van der Waals surface area contributed by atoms with Crippen LogP contribution in [0.15, 0.2) is 68.8 Å². The molecular formula is C50H66N5O24P3S3. The average Bonchev–Trinajstić information content (AvgIpc) is 2.35. The summed E-state index contributed by atoms with van der Waals surface area (Å²) in [5, 5.41) is 8.67. The zero-order chi connectivity index (χ0) is 62.5. The van der Waals surface area contributed by atoms with Crippen LogP contribution in [-0.2, 0) is 70.2 Å². The molecule has 10 N–H and O–H groups in total. The highest BCUT2D eigenvalue weighted by atomic mass is 33.1. The quantitative estimate of drug-likeness (QED) is 0.00300. The lowest BCUT2D eigenvalue weighted by Gasteiger charge is -2.24. The molecule has 1 fully saturated rings. The number of Topliss-reactive ketones (excluding diaryl/α,β-unsaturated/α-hetero) is 3. The van der Waals surface area contributed by atoms with Gasteiger partial charge in [-0.1, -0.05) is 33.7 Å². The molecule has 3 aliphatic rings. The molecule has 5 atom stereocenters. The van der Waals surface area contributed by atoms with Crippen molar-refractivity contribution in [1.82, 2.24) is 9.55 Å². The fraction of sp³-hybridized carbons (Fsp3) is 0.480. The number of benzene rings is 3. The van der Waals surface area contributed by atoms with Crippen molar-refractivity contribution in [3.05, 3.63) is 87.3 Å². The first kappa shape index (κ1) is 69.5. The molecule has 3 heterocycles. The number of phosphoric ester groups is 1. The average molecular weight is 1310 g/mol. The van der Waals surface area contributed by atoms with Gasteiger partial charge in [0.15, 0.2) is 22.0 Å². The number of hydrogen-bond donors (Lipinski definition) is 8. The lowest BCUT2D eigenvalue weighted by Crippen LogP contribution is -2.29. The highest BCUT2D eigenvalue weighted by Crippen LogP contribution is 2.66. The first-order valence-electron chi connectivity index (χ1n) is 25.9. The zero-order valence-corrected chi connectivity index (χ0v) is 51.5. The van der Waals surface area contributed by atoms with Gasteiger partial charge >= 0.3 is 29.2 Å². The Morgan fingerprint density at radius 3 is 2.14 bits per heavy atom. The van der Waals surface area contributed by atoms with Crippen molar-refractivity contribution >= 4 is 95.0 Å². The summed E-state index contributed by atoms with van der Waals surface area (Å²) in [5.41, 5.74) is 12.4. The van der Waals surface area contributed by atoms with Crippen molar-refractivity contribution in [3.8, 4) is 22.5 Å². The molecule has 1 aliphatic carbocycles. The van der Waals surface area contributed by atoms with E-state index in [1.165, 1.54) is 59.0 Å². The Hall–Kier alpha value is -4.60. The predicted molar refractivity (Wildman–Crippen MR) is 309 cm³/mol. The minimum absolute atomic E-state index is 0.00108. The lowest BCUT2D eigenvalue weighted by molar-refractivity contribution is -0.120. The van der Waals surface area contributed by atoms with E-state index in [1.54, 1.807) is 31.2 Å². The fourth-order valence-electron chi connectivity index (χ4n) is 8.57. The molecule has 85 heavy (non-hydrogen) atoms. The number of nitrogens with one attached hydrogen (secondary N) is 1. The number of rotatable bonds is 36. The van der Waals surface area contributed by atoms with E-state index < -0.39 is 74.0 Å². The molecule has 468 valence electrons. The normalized spacial score (nSPS) is 17.3. The number of carbonyl (C=O) groups is 3. The molecule has 0 saturated carbocycles. The van der Waals surface area contributed by atoms with Crippen LogP contribution in [0.5, 0.6) is 0 Å². The van der Waals surface area contributed by atoms with E-state index in [4.69, 9.17) is 64.0 Å². The van der Waals surface area contributed by atoms with Gasteiger partial charge in [0.2, 0.25) is 0 Å². The number of anilines is 2. The Labute approximate surface area is 495 Å². The third-order valence-electron chi connectivity index (χ3n) is 12.7. The number of nitrogens with zero attached hydrogens (tertiary/aromatic N) is 2. The third-order valence-corrected chi connectivity index (χ3v) is 20.4. The van der Waals surface area contributed by atoms with Gasteiger partial charge in [-0.3, -0.25) is 28.0 Å². The highest BCUT2D eigenvalue weighted by Gasteiger charge is 2.44. The second-order valence-electron chi connectivity index (χ2n) is 19.6. The summed E-state index contributed by atoms with van der Waals surface area (Å²) in [6, 6.07) is 12.0. The summed E-state index contributed by atoms with van der Waals surface area (Å²) in [4.78, 5) is 91.8. The summed E-state index contributed by atoms with van der Waals surface area (Å²) in [6.45, 7) is 8.15. The monoisotopic (exact) mass is 1310 g/mol. The van der Waals surface area contributed by atoms with Gasteiger partial charge < -0.3 is 69.3 Å². The summed E-state index contributed by atoms with van der Waals surface area (Å²) in [7, 11) is -19.1. The summed E-state index contributed by atoms with van der Waals surface area (Å²) >= 11 is 0. The molecule has 29 nitrogen and oxygen atoms in total. The Kier molecular flexibility index (Phi) is 25.0. The molecule has 2 aromatic carbocycles. The number of ketones is 3. The number of carbonyl (C=O) groups excluding carboxylic acids is 3. The lowest BCUT2D eigenvalue weighted by atomic mass is 9.87. The van der Waals surface area contributed by atoms with Crippen molar-refractivity contribution < 1.29 is 107 Å². The van der Waals surface area contributed by atoms with Crippen LogP contribution < -0.4 is 22.5 Å². The number of phosphoric acid groups is 3. The van der Waals surface area contributed by atoms with Gasteiger partial charge in [0.05, 0.1) is 70.0 Å². The maximum absolute atomic E-state index is 13.3. The van der Waals surface area contributed by atoms with Gasteiger partial charge in [-0.15, -0.1) is 0 Å². The molecule has 0 bridgehead atoms. The van der Waals surface area contributed by atoms with E-state index in [0.29, 0.717) is 48.3 Å². The highest BCUT2D eigenvalue weighted by molar-refractivity contribution is 8.77. The van der Waals surface area contributed by atoms with Gasteiger partial charge in [0, 0.05) is 76.4 Å². The number of fused-ring (bicyclic) bond motifs is 2. The standard InChI is InChI=1S/C50H66N5O24P3S3/c1-30-38(51)11-9-35-45(36-10-12-39(52)48(85(67,68)69)47(36)77-46(30)35)34-8-7-32(26-37(34)31(2)56)40(58)6-5-18-70-20-22-72-24-25-73-23-21-71-19-15-33(57)13-16-50(3,4)84-83-29-74-41-27-44(55-17-14-43(53)54-49(55)59)76-42(41)28-75-81(63,64)79-82(65,66)78-80(60,61)62/h7-12,14,17,26,41-42,44,51H,5-6,13,15-16,18-25,27-29,52H2,1-4H3,(H,63,64)(H,65,66)(H2,53,54,59)(H2,60,61,62)(H,67,68,69)/t41?,42-,44-/m1/s1. The van der Waals surface area contributed by atoms with Crippen molar-refractivity contribution in [2.24, 2.45) is 0 Å². The van der Waals surface area contributed by atoms with Crippen molar-refractivity contribution in [2.75, 3.05) is 76.9 Å². The van der Waals surface area contributed by atoms with Gasteiger partial charge in [0.25, 0.3) is 10.1 Å². The minimum Gasteiger partial charge on any atom is -0.454 e. The fourth-order valence-corrected chi connectivity index (χ4v) is 14.7. The first-order chi connectivity index (χ1) is 39.8. The van der Waals surface area contributed by atoms with Crippen LogP contribution in [-0.4, -0.2) is 142 Å². The predicted octanol–water partition coefficient (Wildman–Crippen LogP) is 6.77. The molecule has 0 radical (unpaired) electrons. The van der Waals surface area contributed by atoms with Crippen molar-refractivity contribution in [2.45, 2.75) is 94.3 Å². The smallest absolute Gasteiger partial charge is 0.454 e. The van der Waals surface area contributed by atoms with Gasteiger partial charge in [-0.2, -0.15) is 22.0 Å². The Morgan fingerprint density at radius 1 is 0.859 bits per heavy atom. The maximum atomic E-state index is 13.3. The van der Waals surface area contributed by atoms with E-state index in [2.05, 4.69) is 13.6 Å². The first-order valence-corrected chi connectivity index (χ1v) is 34.2. The summed E-state index contributed by atoms with van der Waals surface area (Å²) in [6.07, 6.45) is -0.317. The number of hydrogen-bond acceptors (Lipinski definition) is 25. The minimum atomic E-state index is -5.78. The van der Waals surface area contributed by atoms with E-state index in [0.717, 1.165) is 4.57 Å². The Balaban J connectivity index is 0.826. The van der Waals surface area contributed by atoms with Gasteiger partial charge in [-0.25, -0.2) is 18.5 Å². The van der Waals surface area contributed by atoms with Gasteiger partial charge in [0.1, 0.15) is 35.6 Å². The summed E-state index contributed by atoms with van der Waals surface area (Å²) in [5.74, 6) is -0.489. The van der Waals surface area contributed by atoms with E-state index in [9.17, 15) is 55.6 Å².